The van der Waals surface area contributed by atoms with E-state index in [2.05, 4.69) is 65.7 Å². The molecule has 2 aliphatic rings. The van der Waals surface area contributed by atoms with Crippen molar-refractivity contribution in [2.75, 3.05) is 13.2 Å². The van der Waals surface area contributed by atoms with E-state index in [1.807, 2.05) is 80.6 Å². The number of phenols is 1. The van der Waals surface area contributed by atoms with Crippen molar-refractivity contribution in [3.63, 3.8) is 0 Å². The number of halogens is 5. The Morgan fingerprint density at radius 1 is 0.585 bits per heavy atom. The van der Waals surface area contributed by atoms with Gasteiger partial charge in [0.25, 0.3) is 0 Å². The molecule has 8 rings (SSSR count). The molecule has 340 valence electrons. The minimum atomic E-state index is -0.685. The average molecular weight is 952 g/mol. The van der Waals surface area contributed by atoms with Crippen LogP contribution >= 0.6 is 15.9 Å². The molecule has 0 bridgehead atoms. The maximum atomic E-state index is 14.0. The summed E-state index contributed by atoms with van der Waals surface area (Å²) in [5, 5.41) is 9.98. The standard InChI is InChI=1S/C27H27F2NO2.C24H21F2NO2.C3H7Br/c1-4-6-21-15-20(13-14-25(21)32-17(2)3)18-9-11-19(12-10-18)24-16-31-27(30-24)26-22(28)7-5-8-23(26)29;1-2-4-18-13-17(11-12-22(18)28)15-7-9-16(10-8-15)21-14-29-24(27-21)23-19(25)5-3-6-20(23)26;1-3(2)4/h5,7-15,17,24H,4,6,16H2,1-3H3;3,5-13,21,28H,2,4,14H2,1H3;3H,1-2H3. The summed E-state index contributed by atoms with van der Waals surface area (Å²) in [6.45, 7) is 13.0. The van der Waals surface area contributed by atoms with Crippen LogP contribution in [0.4, 0.5) is 17.6 Å². The summed E-state index contributed by atoms with van der Waals surface area (Å²) in [7, 11) is 0. The molecule has 6 aromatic carbocycles. The van der Waals surface area contributed by atoms with Crippen molar-refractivity contribution in [2.24, 2.45) is 9.98 Å². The van der Waals surface area contributed by atoms with Gasteiger partial charge in [0.05, 0.1) is 6.10 Å². The van der Waals surface area contributed by atoms with Crippen molar-refractivity contribution in [3.05, 3.63) is 178 Å². The topological polar surface area (TPSA) is 72.6 Å². The van der Waals surface area contributed by atoms with Gasteiger partial charge in [-0.1, -0.05) is 129 Å². The van der Waals surface area contributed by atoms with E-state index in [1.165, 1.54) is 42.0 Å². The highest BCUT2D eigenvalue weighted by Gasteiger charge is 2.27. The second kappa shape index (κ2) is 22.8. The van der Waals surface area contributed by atoms with E-state index in [0.717, 1.165) is 70.4 Å². The molecule has 0 fully saturated rings. The number of nitrogens with zero attached hydrogens (tertiary/aromatic N) is 2. The smallest absolute Gasteiger partial charge is 0.222 e. The fourth-order valence-corrected chi connectivity index (χ4v) is 7.39. The van der Waals surface area contributed by atoms with Gasteiger partial charge in [-0.3, -0.25) is 0 Å². The number of aromatic hydroxyl groups is 1. The van der Waals surface area contributed by atoms with Crippen LogP contribution in [0.15, 0.2) is 131 Å². The Balaban J connectivity index is 0.000000200. The van der Waals surface area contributed by atoms with E-state index in [1.54, 1.807) is 6.07 Å². The summed E-state index contributed by atoms with van der Waals surface area (Å²) in [6, 6.07) is 34.7. The molecule has 0 saturated carbocycles. The van der Waals surface area contributed by atoms with E-state index in [-0.39, 0.29) is 54.3 Å². The lowest BCUT2D eigenvalue weighted by Crippen LogP contribution is -2.07. The monoisotopic (exact) mass is 950 g/mol. The Hall–Kier alpha value is -5.94. The van der Waals surface area contributed by atoms with Gasteiger partial charge in [-0.2, -0.15) is 0 Å². The van der Waals surface area contributed by atoms with E-state index in [0.29, 0.717) is 10.6 Å². The summed E-state index contributed by atoms with van der Waals surface area (Å²) in [5.41, 5.74) is 7.81. The first-order valence-electron chi connectivity index (χ1n) is 22.0. The maximum absolute atomic E-state index is 14.0. The number of ether oxygens (including phenoxy) is 3. The predicted molar refractivity (Wildman–Crippen MR) is 256 cm³/mol. The molecule has 0 aromatic heterocycles. The highest BCUT2D eigenvalue weighted by molar-refractivity contribution is 9.09. The molecule has 2 unspecified atom stereocenters. The normalized spacial score (nSPS) is 15.3. The van der Waals surface area contributed by atoms with Crippen LogP contribution in [-0.2, 0) is 22.3 Å². The van der Waals surface area contributed by atoms with Gasteiger partial charge in [0, 0.05) is 4.83 Å². The van der Waals surface area contributed by atoms with Gasteiger partial charge in [0.2, 0.25) is 11.8 Å². The van der Waals surface area contributed by atoms with Gasteiger partial charge >= 0.3 is 0 Å². The molecule has 0 saturated heterocycles. The fraction of sp³-hybridized carbons (Fsp3) is 0.296. The lowest BCUT2D eigenvalue weighted by molar-refractivity contribution is 0.240. The van der Waals surface area contributed by atoms with Crippen LogP contribution in [0.2, 0.25) is 0 Å². The second-order valence-electron chi connectivity index (χ2n) is 16.3. The average Bonchev–Trinajstić information content (AvgIpc) is 3.97. The Bertz CT molecular complexity index is 2550. The SMILES string of the molecule is CC(C)Br.CCCc1cc(-c2ccc(C3COC(c4c(F)cccc4F)=N3)cc2)ccc1O.CCCc1cc(-c2ccc(C3COC(c4c(F)cccc4F)=N3)cc2)ccc1OC(C)C. The van der Waals surface area contributed by atoms with Crippen LogP contribution in [-0.4, -0.2) is 41.0 Å². The summed E-state index contributed by atoms with van der Waals surface area (Å²) in [6.07, 6.45) is 3.91. The zero-order valence-corrected chi connectivity index (χ0v) is 39.1. The first-order chi connectivity index (χ1) is 31.3. The van der Waals surface area contributed by atoms with E-state index < -0.39 is 23.3 Å². The van der Waals surface area contributed by atoms with Crippen LogP contribution in [0, 0.1) is 23.3 Å². The van der Waals surface area contributed by atoms with E-state index in [4.69, 9.17) is 14.2 Å². The highest BCUT2D eigenvalue weighted by atomic mass is 79.9. The number of phenolic OH excluding ortho intramolecular Hbond substituents is 1. The zero-order valence-electron chi connectivity index (χ0n) is 37.6. The molecule has 0 spiro atoms. The number of rotatable bonds is 12. The molecule has 6 aromatic rings. The molecular weight excluding hydrogens is 896 g/mol. The van der Waals surface area contributed by atoms with Crippen LogP contribution in [0.1, 0.15) is 99.8 Å². The van der Waals surface area contributed by atoms with Crippen LogP contribution < -0.4 is 4.74 Å². The van der Waals surface area contributed by atoms with Gasteiger partial charge < -0.3 is 19.3 Å². The van der Waals surface area contributed by atoms with Gasteiger partial charge in [-0.15, -0.1) is 0 Å². The number of aliphatic imine (C=N–C) groups is 2. The van der Waals surface area contributed by atoms with Crippen molar-refractivity contribution in [2.45, 2.75) is 90.2 Å². The lowest BCUT2D eigenvalue weighted by Gasteiger charge is -2.15. The predicted octanol–water partition coefficient (Wildman–Crippen LogP) is 14.5. The third-order valence-corrected chi connectivity index (χ3v) is 10.5. The molecule has 6 nitrogen and oxygen atoms in total. The van der Waals surface area contributed by atoms with Gasteiger partial charge in [0.1, 0.15) is 71.2 Å². The number of aryl methyl sites for hydroxylation is 2. The van der Waals surface area contributed by atoms with Crippen LogP contribution in [0.3, 0.4) is 0 Å². The third kappa shape index (κ3) is 12.7. The Labute approximate surface area is 388 Å². The molecular formula is C54H55BrF4N2O4. The fourth-order valence-electron chi connectivity index (χ4n) is 7.39. The molecule has 2 heterocycles. The number of alkyl halides is 1. The second-order valence-corrected chi connectivity index (χ2v) is 18.1. The van der Waals surface area contributed by atoms with Crippen molar-refractivity contribution in [3.8, 4) is 33.8 Å². The van der Waals surface area contributed by atoms with E-state index >= 15 is 0 Å². The molecule has 0 amide bonds. The summed E-state index contributed by atoms with van der Waals surface area (Å²) in [5.74, 6) is -1.45. The first-order valence-corrected chi connectivity index (χ1v) is 22.9. The highest BCUT2D eigenvalue weighted by Crippen LogP contribution is 2.33. The van der Waals surface area contributed by atoms with Crippen molar-refractivity contribution in [1.29, 1.82) is 0 Å². The van der Waals surface area contributed by atoms with Crippen molar-refractivity contribution >= 4 is 27.7 Å². The molecule has 2 aliphatic heterocycles. The first kappa shape index (κ1) is 48.5. The molecule has 2 atom stereocenters. The zero-order chi connectivity index (χ0) is 46.6. The van der Waals surface area contributed by atoms with Crippen LogP contribution in [0.5, 0.6) is 11.5 Å². The van der Waals surface area contributed by atoms with E-state index in [9.17, 15) is 22.7 Å². The number of benzene rings is 6. The van der Waals surface area contributed by atoms with Crippen LogP contribution in [0.25, 0.3) is 22.3 Å². The molecule has 0 aliphatic carbocycles. The summed E-state index contributed by atoms with van der Waals surface area (Å²) < 4.78 is 73.0. The van der Waals surface area contributed by atoms with Gasteiger partial charge in [-0.05, 0) is 120 Å². The molecule has 65 heavy (non-hydrogen) atoms. The Morgan fingerprint density at radius 3 is 1.38 bits per heavy atom. The Kier molecular flexibility index (Phi) is 17.0. The quantitative estimate of drug-likeness (QED) is 0.0980. The van der Waals surface area contributed by atoms with Crippen molar-refractivity contribution in [1.82, 2.24) is 0 Å². The molecule has 1 N–H and O–H groups in total. The summed E-state index contributed by atoms with van der Waals surface area (Å²) in [4.78, 5) is 9.46. The molecule has 11 heteroatoms. The van der Waals surface area contributed by atoms with Crippen molar-refractivity contribution < 1.29 is 36.9 Å². The lowest BCUT2D eigenvalue weighted by atomic mass is 9.98. The molecule has 0 radical (unpaired) electrons. The number of hydrogen-bond acceptors (Lipinski definition) is 6. The minimum Gasteiger partial charge on any atom is -0.508 e. The Morgan fingerprint density at radius 2 is 0.969 bits per heavy atom. The van der Waals surface area contributed by atoms with Gasteiger partial charge in [-0.25, -0.2) is 27.5 Å². The minimum absolute atomic E-state index is 0.00239. The largest absolute Gasteiger partial charge is 0.508 e. The maximum Gasteiger partial charge on any atom is 0.222 e. The third-order valence-electron chi connectivity index (χ3n) is 10.5. The van der Waals surface area contributed by atoms with Gasteiger partial charge in [0.15, 0.2) is 0 Å². The summed E-state index contributed by atoms with van der Waals surface area (Å²) >= 11 is 3.27. The number of hydrogen-bond donors (Lipinski definition) is 1.